The molecule has 6 nitrogen and oxygen atoms in total. The summed E-state index contributed by atoms with van der Waals surface area (Å²) in [5, 5.41) is 16.5. The third kappa shape index (κ3) is 5.31. The average molecular weight is 263 g/mol. The predicted octanol–water partition coefficient (Wildman–Crippen LogP) is 1.33. The number of rotatable bonds is 7. The number of nitrogens with zero attached hydrogens (tertiary/aromatic N) is 1. The van der Waals surface area contributed by atoms with Crippen molar-refractivity contribution in [2.75, 3.05) is 19.6 Å². The molecule has 0 unspecified atom stereocenters. The molecule has 0 heterocycles. The molecule has 0 aliphatic heterocycles. The van der Waals surface area contributed by atoms with Gasteiger partial charge in [0.1, 0.15) is 0 Å². The molecule has 0 atom stereocenters. The highest BCUT2D eigenvalue weighted by molar-refractivity contribution is 5.92. The van der Waals surface area contributed by atoms with E-state index in [1.54, 1.807) is 18.2 Å². The summed E-state index contributed by atoms with van der Waals surface area (Å²) in [6, 6.07) is 6.28. The van der Waals surface area contributed by atoms with E-state index in [1.807, 2.05) is 6.92 Å². The van der Waals surface area contributed by atoms with E-state index in [1.165, 1.54) is 18.2 Å². The number of nitro benzene ring substituents is 1. The molecule has 0 aromatic heterocycles. The lowest BCUT2D eigenvalue weighted by Crippen LogP contribution is -2.30. The van der Waals surface area contributed by atoms with Gasteiger partial charge in [-0.2, -0.15) is 0 Å². The Morgan fingerprint density at radius 1 is 1.37 bits per heavy atom. The van der Waals surface area contributed by atoms with Crippen LogP contribution in [0.4, 0.5) is 5.69 Å². The van der Waals surface area contributed by atoms with Gasteiger partial charge < -0.3 is 10.6 Å². The minimum Gasteiger partial charge on any atom is -0.351 e. The van der Waals surface area contributed by atoms with Crippen LogP contribution in [0.1, 0.15) is 12.5 Å². The summed E-state index contributed by atoms with van der Waals surface area (Å²) in [7, 11) is 0. The van der Waals surface area contributed by atoms with Gasteiger partial charge in [-0.15, -0.1) is 0 Å². The highest BCUT2D eigenvalue weighted by atomic mass is 16.6. The summed E-state index contributed by atoms with van der Waals surface area (Å²) in [6.45, 7) is 4.05. The third-order valence-electron chi connectivity index (χ3n) is 2.40. The quantitative estimate of drug-likeness (QED) is 0.336. The van der Waals surface area contributed by atoms with E-state index in [0.717, 1.165) is 6.54 Å². The number of benzene rings is 1. The number of carbonyl (C=O) groups excluding carboxylic acids is 1. The van der Waals surface area contributed by atoms with Gasteiger partial charge in [0, 0.05) is 25.2 Å². The molecule has 0 saturated heterocycles. The van der Waals surface area contributed by atoms with Gasteiger partial charge in [-0.3, -0.25) is 14.9 Å². The normalized spacial score (nSPS) is 10.6. The molecule has 1 aromatic carbocycles. The average Bonchev–Trinajstić information content (AvgIpc) is 2.41. The number of likely N-dealkylation sites (N-methyl/N-ethyl adjacent to an activating group) is 1. The fourth-order valence-electron chi connectivity index (χ4n) is 1.47. The third-order valence-corrected chi connectivity index (χ3v) is 2.40. The van der Waals surface area contributed by atoms with Crippen molar-refractivity contribution < 1.29 is 9.72 Å². The molecule has 0 aliphatic rings. The van der Waals surface area contributed by atoms with Crippen molar-refractivity contribution in [2.24, 2.45) is 0 Å². The highest BCUT2D eigenvalue weighted by Gasteiger charge is 2.09. The van der Waals surface area contributed by atoms with Crippen molar-refractivity contribution in [3.63, 3.8) is 0 Å². The van der Waals surface area contributed by atoms with E-state index in [0.29, 0.717) is 18.7 Å². The van der Waals surface area contributed by atoms with E-state index in [-0.39, 0.29) is 11.6 Å². The Balaban J connectivity index is 2.56. The van der Waals surface area contributed by atoms with Crippen molar-refractivity contribution in [3.8, 4) is 0 Å². The van der Waals surface area contributed by atoms with Crippen molar-refractivity contribution in [3.05, 3.63) is 46.0 Å². The van der Waals surface area contributed by atoms with Gasteiger partial charge >= 0.3 is 0 Å². The van der Waals surface area contributed by atoms with Gasteiger partial charge in [0.2, 0.25) is 5.91 Å². The van der Waals surface area contributed by atoms with Crippen LogP contribution in [0.2, 0.25) is 0 Å². The zero-order chi connectivity index (χ0) is 14.1. The zero-order valence-corrected chi connectivity index (χ0v) is 10.8. The molecule has 2 N–H and O–H groups in total. The van der Waals surface area contributed by atoms with E-state index in [4.69, 9.17) is 0 Å². The summed E-state index contributed by atoms with van der Waals surface area (Å²) < 4.78 is 0. The van der Waals surface area contributed by atoms with Crippen molar-refractivity contribution in [1.29, 1.82) is 0 Å². The minimum absolute atomic E-state index is 0.0146. The minimum atomic E-state index is -0.469. The molecule has 1 aromatic rings. The van der Waals surface area contributed by atoms with Gasteiger partial charge in [0.05, 0.1) is 10.5 Å². The van der Waals surface area contributed by atoms with Gasteiger partial charge in [0.15, 0.2) is 0 Å². The summed E-state index contributed by atoms with van der Waals surface area (Å²) in [4.78, 5) is 21.8. The van der Waals surface area contributed by atoms with Crippen LogP contribution >= 0.6 is 0 Å². The second-order valence-corrected chi connectivity index (χ2v) is 3.79. The maximum atomic E-state index is 11.5. The van der Waals surface area contributed by atoms with Crippen molar-refractivity contribution >= 4 is 17.7 Å². The maximum Gasteiger partial charge on any atom is 0.276 e. The Hall–Kier alpha value is -2.21. The first kappa shape index (κ1) is 14.8. The topological polar surface area (TPSA) is 84.3 Å². The van der Waals surface area contributed by atoms with Crippen molar-refractivity contribution in [1.82, 2.24) is 10.6 Å². The summed E-state index contributed by atoms with van der Waals surface area (Å²) >= 11 is 0. The Bertz CT molecular complexity index is 472. The van der Waals surface area contributed by atoms with Gasteiger partial charge in [0.25, 0.3) is 5.69 Å². The molecule has 1 amide bonds. The fraction of sp³-hybridized carbons (Fsp3) is 0.308. The Morgan fingerprint density at radius 2 is 2.11 bits per heavy atom. The van der Waals surface area contributed by atoms with Crippen LogP contribution in [0.5, 0.6) is 0 Å². The van der Waals surface area contributed by atoms with Crippen LogP contribution in [-0.2, 0) is 4.79 Å². The Morgan fingerprint density at radius 3 is 2.79 bits per heavy atom. The molecule has 0 aliphatic carbocycles. The number of nitrogens with one attached hydrogen (secondary N) is 2. The van der Waals surface area contributed by atoms with Crippen LogP contribution < -0.4 is 10.6 Å². The SMILES string of the molecule is CCNCCNC(=O)C=Cc1ccccc1[N+](=O)[O-]. The standard InChI is InChI=1S/C13H17N3O3/c1-2-14-9-10-15-13(17)8-7-11-5-3-4-6-12(11)16(18)19/h3-8,14H,2,9-10H2,1H3,(H,15,17). The van der Waals surface area contributed by atoms with Crippen LogP contribution in [0.3, 0.4) is 0 Å². The van der Waals surface area contributed by atoms with Gasteiger partial charge in [-0.1, -0.05) is 19.1 Å². The number of carbonyl (C=O) groups is 1. The molecule has 0 bridgehead atoms. The van der Waals surface area contributed by atoms with Crippen LogP contribution in [0, 0.1) is 10.1 Å². The van der Waals surface area contributed by atoms with Crippen LogP contribution in [-0.4, -0.2) is 30.5 Å². The van der Waals surface area contributed by atoms with E-state index < -0.39 is 4.92 Å². The Kier molecular flexibility index (Phi) is 6.25. The monoisotopic (exact) mass is 263 g/mol. The molecule has 102 valence electrons. The molecular weight excluding hydrogens is 246 g/mol. The van der Waals surface area contributed by atoms with Crippen molar-refractivity contribution in [2.45, 2.75) is 6.92 Å². The second kappa shape index (κ2) is 7.99. The molecule has 0 saturated carbocycles. The highest BCUT2D eigenvalue weighted by Crippen LogP contribution is 2.18. The summed E-state index contributed by atoms with van der Waals surface area (Å²) in [5.41, 5.74) is 0.397. The Labute approximate surface area is 111 Å². The predicted molar refractivity (Wildman–Crippen MR) is 73.7 cm³/mol. The first-order chi connectivity index (χ1) is 9.15. The molecule has 0 fully saturated rings. The number of amides is 1. The van der Waals surface area contributed by atoms with Gasteiger partial charge in [-0.05, 0) is 18.7 Å². The molecular formula is C13H17N3O3. The van der Waals surface area contributed by atoms with Crippen LogP contribution in [0.25, 0.3) is 6.08 Å². The summed E-state index contributed by atoms with van der Waals surface area (Å²) in [5.74, 6) is -0.268. The lowest BCUT2D eigenvalue weighted by Gasteiger charge is -2.02. The van der Waals surface area contributed by atoms with E-state index in [9.17, 15) is 14.9 Å². The largest absolute Gasteiger partial charge is 0.351 e. The summed E-state index contributed by atoms with van der Waals surface area (Å²) in [6.07, 6.45) is 2.75. The van der Waals surface area contributed by atoms with Gasteiger partial charge in [-0.25, -0.2) is 0 Å². The lowest BCUT2D eigenvalue weighted by molar-refractivity contribution is -0.385. The molecule has 0 spiro atoms. The lowest BCUT2D eigenvalue weighted by atomic mass is 10.1. The molecule has 19 heavy (non-hydrogen) atoms. The number of nitro groups is 1. The molecule has 0 radical (unpaired) electrons. The zero-order valence-electron chi connectivity index (χ0n) is 10.8. The molecule has 6 heteroatoms. The van der Waals surface area contributed by atoms with E-state index >= 15 is 0 Å². The smallest absolute Gasteiger partial charge is 0.276 e. The number of hydrogen-bond donors (Lipinski definition) is 2. The number of para-hydroxylation sites is 1. The second-order valence-electron chi connectivity index (χ2n) is 3.79. The fourth-order valence-corrected chi connectivity index (χ4v) is 1.47. The number of hydrogen-bond acceptors (Lipinski definition) is 4. The van der Waals surface area contributed by atoms with Crippen LogP contribution in [0.15, 0.2) is 30.3 Å². The van der Waals surface area contributed by atoms with E-state index in [2.05, 4.69) is 10.6 Å². The molecule has 1 rings (SSSR count). The maximum absolute atomic E-state index is 11.5. The first-order valence-corrected chi connectivity index (χ1v) is 6.05. The first-order valence-electron chi connectivity index (χ1n) is 6.05.